The molecule has 0 saturated heterocycles. The normalized spacial score (nSPS) is 11.0. The predicted octanol–water partition coefficient (Wildman–Crippen LogP) is 9.91. The molecule has 0 aliphatic rings. The molecule has 0 aliphatic carbocycles. The first-order chi connectivity index (χ1) is 18.1. The van der Waals surface area contributed by atoms with Crippen molar-refractivity contribution in [1.29, 1.82) is 0 Å². The van der Waals surface area contributed by atoms with E-state index in [1.54, 1.807) is 19.1 Å². The molecular weight excluding hydrogens is 460 g/mol. The Morgan fingerprint density at radius 3 is 1.73 bits per heavy atom. The summed E-state index contributed by atoms with van der Waals surface area (Å²) in [6.45, 7) is 5.03. The Hall–Kier alpha value is -2.49. The standard InChI is InChI=1S/C33H50O4/c1-3-4-5-6-7-8-9-10-11-12-13-14-15-16-17-21-24-36-30-25-28(2)32(33(34)35)31(26-30)37-27-29-22-19-18-20-23-29/h18-20,22-23,25-26H,3-17,21,24,27H2,1-2H3,(H,34,35). The minimum absolute atomic E-state index is 0.200. The van der Waals surface area contributed by atoms with Gasteiger partial charge in [-0.2, -0.15) is 0 Å². The first-order valence-corrected chi connectivity index (χ1v) is 14.8. The molecule has 0 heterocycles. The third-order valence-electron chi connectivity index (χ3n) is 6.99. The zero-order valence-electron chi connectivity index (χ0n) is 23.4. The Labute approximate surface area is 225 Å². The van der Waals surface area contributed by atoms with E-state index >= 15 is 0 Å². The number of carbonyl (C=O) groups is 1. The van der Waals surface area contributed by atoms with Gasteiger partial charge in [-0.3, -0.25) is 0 Å². The van der Waals surface area contributed by atoms with Crippen LogP contribution in [0.25, 0.3) is 0 Å². The van der Waals surface area contributed by atoms with Crippen LogP contribution in [-0.2, 0) is 6.61 Å². The molecule has 0 unspecified atom stereocenters. The van der Waals surface area contributed by atoms with Crippen molar-refractivity contribution in [2.45, 2.75) is 123 Å². The minimum Gasteiger partial charge on any atom is -0.493 e. The van der Waals surface area contributed by atoms with Gasteiger partial charge in [-0.1, -0.05) is 134 Å². The van der Waals surface area contributed by atoms with Crippen LogP contribution in [0.3, 0.4) is 0 Å². The largest absolute Gasteiger partial charge is 0.493 e. The van der Waals surface area contributed by atoms with Crippen molar-refractivity contribution < 1.29 is 19.4 Å². The molecule has 4 nitrogen and oxygen atoms in total. The average Bonchev–Trinajstić information content (AvgIpc) is 2.89. The van der Waals surface area contributed by atoms with Crippen LogP contribution >= 0.6 is 0 Å². The Balaban J connectivity index is 1.55. The van der Waals surface area contributed by atoms with Crippen LogP contribution < -0.4 is 9.47 Å². The van der Waals surface area contributed by atoms with Gasteiger partial charge in [0.05, 0.1) is 6.61 Å². The molecule has 1 N–H and O–H groups in total. The zero-order valence-corrected chi connectivity index (χ0v) is 23.4. The van der Waals surface area contributed by atoms with Crippen molar-refractivity contribution >= 4 is 5.97 Å². The maximum atomic E-state index is 11.8. The zero-order chi connectivity index (χ0) is 26.6. The predicted molar refractivity (Wildman–Crippen MR) is 154 cm³/mol. The quantitative estimate of drug-likeness (QED) is 0.160. The van der Waals surface area contributed by atoms with Crippen molar-refractivity contribution in [2.24, 2.45) is 0 Å². The second kappa shape index (κ2) is 19.6. The molecule has 0 spiro atoms. The second-order valence-corrected chi connectivity index (χ2v) is 10.3. The van der Waals surface area contributed by atoms with E-state index in [1.165, 1.54) is 96.3 Å². The SMILES string of the molecule is CCCCCCCCCCCCCCCCCCOc1cc(C)c(C(=O)O)c(OCc2ccccc2)c1. The number of benzene rings is 2. The number of aryl methyl sites for hydroxylation is 1. The summed E-state index contributed by atoms with van der Waals surface area (Å²) in [4.78, 5) is 11.8. The first-order valence-electron chi connectivity index (χ1n) is 14.8. The smallest absolute Gasteiger partial charge is 0.339 e. The molecule has 0 atom stereocenters. The number of unbranched alkanes of at least 4 members (excludes halogenated alkanes) is 15. The van der Waals surface area contributed by atoms with Gasteiger partial charge in [-0.05, 0) is 30.5 Å². The van der Waals surface area contributed by atoms with Gasteiger partial charge in [-0.25, -0.2) is 4.79 Å². The molecular formula is C33H50O4. The summed E-state index contributed by atoms with van der Waals surface area (Å²) < 4.78 is 11.8. The molecule has 206 valence electrons. The summed E-state index contributed by atoms with van der Waals surface area (Å²) in [5.41, 5.74) is 1.85. The molecule has 0 aromatic heterocycles. The first kappa shape index (κ1) is 30.7. The van der Waals surface area contributed by atoms with Crippen LogP contribution in [0, 0.1) is 6.92 Å². The van der Waals surface area contributed by atoms with Gasteiger partial charge in [0.2, 0.25) is 0 Å². The Bertz CT molecular complexity index is 862. The van der Waals surface area contributed by atoms with E-state index in [2.05, 4.69) is 6.92 Å². The van der Waals surface area contributed by atoms with Crippen LogP contribution in [0.2, 0.25) is 0 Å². The summed E-state index contributed by atoms with van der Waals surface area (Å²) in [5.74, 6) is 0.0507. The minimum atomic E-state index is -0.982. The number of carboxylic acids is 1. The highest BCUT2D eigenvalue weighted by Crippen LogP contribution is 2.30. The molecule has 4 heteroatoms. The van der Waals surface area contributed by atoms with E-state index < -0.39 is 5.97 Å². The molecule has 0 amide bonds. The lowest BCUT2D eigenvalue weighted by Gasteiger charge is -2.14. The molecule has 0 radical (unpaired) electrons. The van der Waals surface area contributed by atoms with Gasteiger partial charge in [0.15, 0.2) is 0 Å². The van der Waals surface area contributed by atoms with Crippen molar-refractivity contribution in [3.05, 3.63) is 59.2 Å². The molecule has 0 aliphatic heterocycles. The topological polar surface area (TPSA) is 55.8 Å². The van der Waals surface area contributed by atoms with Gasteiger partial charge in [-0.15, -0.1) is 0 Å². The third kappa shape index (κ3) is 13.6. The lowest BCUT2D eigenvalue weighted by Crippen LogP contribution is -2.07. The highest BCUT2D eigenvalue weighted by molar-refractivity contribution is 5.93. The van der Waals surface area contributed by atoms with Crippen LogP contribution in [0.1, 0.15) is 131 Å². The number of carboxylic acid groups (broad SMARTS) is 1. The van der Waals surface area contributed by atoms with Crippen molar-refractivity contribution in [3.8, 4) is 11.5 Å². The summed E-state index contributed by atoms with van der Waals surface area (Å²) in [5, 5.41) is 9.65. The monoisotopic (exact) mass is 510 g/mol. The maximum absolute atomic E-state index is 11.8. The fraction of sp³-hybridized carbons (Fsp3) is 0.606. The molecule has 2 rings (SSSR count). The van der Waals surface area contributed by atoms with Crippen molar-refractivity contribution in [1.82, 2.24) is 0 Å². The fourth-order valence-electron chi connectivity index (χ4n) is 4.77. The molecule has 0 fully saturated rings. The number of hydrogen-bond donors (Lipinski definition) is 1. The van der Waals surface area contributed by atoms with E-state index in [9.17, 15) is 9.90 Å². The number of hydrogen-bond acceptors (Lipinski definition) is 3. The molecule has 2 aromatic rings. The molecule has 0 saturated carbocycles. The Kier molecular flexibility index (Phi) is 16.3. The van der Waals surface area contributed by atoms with E-state index in [0.29, 0.717) is 30.3 Å². The average molecular weight is 511 g/mol. The number of ether oxygens (including phenoxy) is 2. The highest BCUT2D eigenvalue weighted by Gasteiger charge is 2.17. The highest BCUT2D eigenvalue weighted by atomic mass is 16.5. The van der Waals surface area contributed by atoms with Gasteiger partial charge in [0.25, 0.3) is 0 Å². The molecule has 0 bridgehead atoms. The van der Waals surface area contributed by atoms with Crippen molar-refractivity contribution in [2.75, 3.05) is 6.61 Å². The van der Waals surface area contributed by atoms with Crippen LogP contribution in [0.15, 0.2) is 42.5 Å². The van der Waals surface area contributed by atoms with Gasteiger partial charge < -0.3 is 14.6 Å². The van der Waals surface area contributed by atoms with Gasteiger partial charge >= 0.3 is 5.97 Å². The summed E-state index contributed by atoms with van der Waals surface area (Å²) in [7, 11) is 0. The summed E-state index contributed by atoms with van der Waals surface area (Å²) >= 11 is 0. The lowest BCUT2D eigenvalue weighted by atomic mass is 10.0. The number of rotatable bonds is 22. The molecule has 37 heavy (non-hydrogen) atoms. The number of aromatic carboxylic acids is 1. The maximum Gasteiger partial charge on any atom is 0.339 e. The second-order valence-electron chi connectivity index (χ2n) is 10.3. The fourth-order valence-corrected chi connectivity index (χ4v) is 4.77. The van der Waals surface area contributed by atoms with Gasteiger partial charge in [0, 0.05) is 6.07 Å². The van der Waals surface area contributed by atoms with Gasteiger partial charge in [0.1, 0.15) is 23.7 Å². The Morgan fingerprint density at radius 1 is 0.703 bits per heavy atom. The van der Waals surface area contributed by atoms with Crippen molar-refractivity contribution in [3.63, 3.8) is 0 Å². The van der Waals surface area contributed by atoms with Crippen LogP contribution in [0.5, 0.6) is 11.5 Å². The Morgan fingerprint density at radius 2 is 1.22 bits per heavy atom. The third-order valence-corrected chi connectivity index (χ3v) is 6.99. The van der Waals surface area contributed by atoms with E-state index in [4.69, 9.17) is 9.47 Å². The molecule has 2 aromatic carbocycles. The lowest BCUT2D eigenvalue weighted by molar-refractivity contribution is 0.0691. The summed E-state index contributed by atoms with van der Waals surface area (Å²) in [6.07, 6.45) is 21.5. The summed E-state index contributed by atoms with van der Waals surface area (Å²) in [6, 6.07) is 13.3. The van der Waals surface area contributed by atoms with Crippen LogP contribution in [0.4, 0.5) is 0 Å². The van der Waals surface area contributed by atoms with E-state index in [0.717, 1.165) is 12.0 Å². The van der Waals surface area contributed by atoms with E-state index in [1.807, 2.05) is 30.3 Å². The van der Waals surface area contributed by atoms with E-state index in [-0.39, 0.29) is 5.56 Å². The van der Waals surface area contributed by atoms with Crippen LogP contribution in [-0.4, -0.2) is 17.7 Å².